The molecule has 2 N–H and O–H groups in total. The second-order valence-electron chi connectivity index (χ2n) is 2.99. The van der Waals surface area contributed by atoms with Gasteiger partial charge in [0.1, 0.15) is 6.29 Å². The third-order valence-electron chi connectivity index (χ3n) is 1.77. The second-order valence-corrected chi connectivity index (χ2v) is 2.99. The highest BCUT2D eigenvalue weighted by molar-refractivity contribution is 5.57. The van der Waals surface area contributed by atoms with Gasteiger partial charge in [-0.2, -0.15) is 0 Å². The van der Waals surface area contributed by atoms with Gasteiger partial charge in [-0.15, -0.1) is 0 Å². The summed E-state index contributed by atoms with van der Waals surface area (Å²) < 4.78 is 0. The highest BCUT2D eigenvalue weighted by Crippen LogP contribution is 2.04. The molecule has 0 aromatic heterocycles. The molecule has 0 saturated heterocycles. The summed E-state index contributed by atoms with van der Waals surface area (Å²) >= 11 is 0. The van der Waals surface area contributed by atoms with Crippen LogP contribution in [0.2, 0.25) is 0 Å². The summed E-state index contributed by atoms with van der Waals surface area (Å²) in [6.45, 7) is 14.0. The molecule has 1 atom stereocenters. The lowest BCUT2D eigenvalue weighted by Crippen LogP contribution is -2.23. The third-order valence-corrected chi connectivity index (χ3v) is 1.77. The summed E-state index contributed by atoms with van der Waals surface area (Å²) in [5.74, 6) is 0. The number of hydrogen-bond donors (Lipinski definition) is 1. The van der Waals surface area contributed by atoms with Crippen LogP contribution in [0.1, 0.15) is 52.7 Å². The van der Waals surface area contributed by atoms with Crippen LogP contribution in [0.25, 0.3) is 0 Å². The van der Waals surface area contributed by atoms with Gasteiger partial charge < -0.3 is 10.5 Å². The van der Waals surface area contributed by atoms with Crippen LogP contribution >= 0.6 is 0 Å². The highest BCUT2D eigenvalue weighted by Gasteiger charge is 2.00. The average Bonchev–Trinajstić information content (AvgIpc) is 2.47. The standard InChI is InChI=1S/C10H13NO.3C2H6/c1-8-2-4-9(5-3-8)6-10(11)7-12;3*1-2/h2-5,7,10H,6,11H2,1H3;3*1-2H3. The smallest absolute Gasteiger partial charge is 0.137 e. The average molecular weight is 253 g/mol. The van der Waals surface area contributed by atoms with Crippen LogP contribution in [0, 0.1) is 6.92 Å². The molecule has 2 nitrogen and oxygen atoms in total. The van der Waals surface area contributed by atoms with Crippen LogP contribution in [0.5, 0.6) is 0 Å². The van der Waals surface area contributed by atoms with Crippen molar-refractivity contribution in [3.63, 3.8) is 0 Å². The molecular weight excluding hydrogens is 222 g/mol. The minimum absolute atomic E-state index is 0.368. The molecule has 1 aromatic rings. The van der Waals surface area contributed by atoms with E-state index in [9.17, 15) is 4.79 Å². The first-order chi connectivity index (χ1) is 8.72. The molecule has 1 unspecified atom stereocenters. The van der Waals surface area contributed by atoms with E-state index in [4.69, 9.17) is 5.73 Å². The Morgan fingerprint density at radius 3 is 1.72 bits per heavy atom. The van der Waals surface area contributed by atoms with Gasteiger partial charge in [-0.3, -0.25) is 0 Å². The Bertz CT molecular complexity index is 254. The van der Waals surface area contributed by atoms with Crippen LogP contribution in [-0.4, -0.2) is 12.3 Å². The van der Waals surface area contributed by atoms with Gasteiger partial charge in [-0.25, -0.2) is 0 Å². The molecule has 1 rings (SSSR count). The normalized spacial score (nSPS) is 9.33. The van der Waals surface area contributed by atoms with Crippen molar-refractivity contribution in [2.45, 2.75) is 60.9 Å². The number of benzene rings is 1. The Morgan fingerprint density at radius 2 is 1.39 bits per heavy atom. The first kappa shape index (κ1) is 22.1. The van der Waals surface area contributed by atoms with E-state index < -0.39 is 0 Å². The van der Waals surface area contributed by atoms with Crippen LogP contribution < -0.4 is 5.73 Å². The molecule has 106 valence electrons. The van der Waals surface area contributed by atoms with Gasteiger partial charge in [0, 0.05) is 0 Å². The minimum Gasteiger partial charge on any atom is -0.321 e. The van der Waals surface area contributed by atoms with Crippen molar-refractivity contribution in [2.24, 2.45) is 5.73 Å². The minimum atomic E-state index is -0.368. The van der Waals surface area contributed by atoms with Crippen molar-refractivity contribution in [1.29, 1.82) is 0 Å². The van der Waals surface area contributed by atoms with Crippen molar-refractivity contribution in [3.8, 4) is 0 Å². The Morgan fingerprint density at radius 1 is 1.00 bits per heavy atom. The van der Waals surface area contributed by atoms with Crippen molar-refractivity contribution in [1.82, 2.24) is 0 Å². The summed E-state index contributed by atoms with van der Waals surface area (Å²) in [7, 11) is 0. The Balaban J connectivity index is -0.000000328. The van der Waals surface area contributed by atoms with Crippen LogP contribution in [0.4, 0.5) is 0 Å². The number of aryl methyl sites for hydroxylation is 1. The molecule has 0 amide bonds. The maximum atomic E-state index is 10.3. The van der Waals surface area contributed by atoms with E-state index in [1.54, 1.807) is 0 Å². The molecule has 2 heteroatoms. The molecular formula is C16H31NO. The zero-order chi connectivity index (χ0) is 15.0. The monoisotopic (exact) mass is 253 g/mol. The van der Waals surface area contributed by atoms with Crippen molar-refractivity contribution < 1.29 is 4.79 Å². The molecule has 0 aliphatic rings. The van der Waals surface area contributed by atoms with Gasteiger partial charge in [0.05, 0.1) is 6.04 Å². The van der Waals surface area contributed by atoms with Gasteiger partial charge in [0.25, 0.3) is 0 Å². The zero-order valence-electron chi connectivity index (χ0n) is 13.2. The van der Waals surface area contributed by atoms with Gasteiger partial charge in [0.2, 0.25) is 0 Å². The van der Waals surface area contributed by atoms with E-state index in [-0.39, 0.29) is 6.04 Å². The van der Waals surface area contributed by atoms with Gasteiger partial charge >= 0.3 is 0 Å². The van der Waals surface area contributed by atoms with E-state index >= 15 is 0 Å². The molecule has 0 bridgehead atoms. The van der Waals surface area contributed by atoms with Crippen molar-refractivity contribution in [3.05, 3.63) is 35.4 Å². The lowest BCUT2D eigenvalue weighted by molar-refractivity contribution is -0.108. The zero-order valence-corrected chi connectivity index (χ0v) is 13.2. The topological polar surface area (TPSA) is 43.1 Å². The fraction of sp³-hybridized carbons (Fsp3) is 0.562. The summed E-state index contributed by atoms with van der Waals surface area (Å²) in [5.41, 5.74) is 7.81. The maximum Gasteiger partial charge on any atom is 0.137 e. The number of nitrogens with two attached hydrogens (primary N) is 1. The highest BCUT2D eigenvalue weighted by atomic mass is 16.1. The van der Waals surface area contributed by atoms with E-state index in [1.165, 1.54) is 5.56 Å². The summed E-state index contributed by atoms with van der Waals surface area (Å²) in [5, 5.41) is 0. The van der Waals surface area contributed by atoms with Gasteiger partial charge in [-0.1, -0.05) is 71.4 Å². The Labute approximate surface area is 114 Å². The molecule has 0 radical (unpaired) electrons. The lowest BCUT2D eigenvalue weighted by Gasteiger charge is -2.03. The molecule has 0 aliphatic carbocycles. The fourth-order valence-electron chi connectivity index (χ4n) is 1.04. The Hall–Kier alpha value is -1.15. The number of aldehydes is 1. The quantitative estimate of drug-likeness (QED) is 0.823. The fourth-order valence-corrected chi connectivity index (χ4v) is 1.04. The largest absolute Gasteiger partial charge is 0.321 e. The van der Waals surface area contributed by atoms with Crippen LogP contribution in [0.3, 0.4) is 0 Å². The van der Waals surface area contributed by atoms with E-state index in [0.29, 0.717) is 6.42 Å². The molecule has 0 heterocycles. The summed E-state index contributed by atoms with van der Waals surface area (Å²) in [6.07, 6.45) is 1.41. The van der Waals surface area contributed by atoms with Gasteiger partial charge in [-0.05, 0) is 18.9 Å². The van der Waals surface area contributed by atoms with Crippen LogP contribution in [-0.2, 0) is 11.2 Å². The molecule has 0 aliphatic heterocycles. The summed E-state index contributed by atoms with van der Waals surface area (Å²) in [4.78, 5) is 10.3. The van der Waals surface area contributed by atoms with E-state index in [0.717, 1.165) is 11.8 Å². The first-order valence-electron chi connectivity index (χ1n) is 6.99. The predicted octanol–water partition coefficient (Wildman–Crippen LogP) is 4.14. The number of rotatable bonds is 3. The summed E-state index contributed by atoms with van der Waals surface area (Å²) in [6, 6.07) is 7.67. The van der Waals surface area contributed by atoms with Crippen molar-refractivity contribution in [2.75, 3.05) is 0 Å². The van der Waals surface area contributed by atoms with Crippen LogP contribution in [0.15, 0.2) is 24.3 Å². The SMILES string of the molecule is CC.CC.CC.Cc1ccc(CC(N)C=O)cc1. The third kappa shape index (κ3) is 12.9. The molecule has 0 saturated carbocycles. The number of hydrogen-bond acceptors (Lipinski definition) is 2. The first-order valence-corrected chi connectivity index (χ1v) is 6.99. The molecule has 18 heavy (non-hydrogen) atoms. The predicted molar refractivity (Wildman–Crippen MR) is 83.0 cm³/mol. The molecule has 0 spiro atoms. The number of carbonyl (C=O) groups is 1. The van der Waals surface area contributed by atoms with Gasteiger partial charge in [0.15, 0.2) is 0 Å². The molecule has 1 aromatic carbocycles. The number of carbonyl (C=O) groups excluding carboxylic acids is 1. The lowest BCUT2D eigenvalue weighted by atomic mass is 10.1. The second kappa shape index (κ2) is 18.2. The van der Waals surface area contributed by atoms with Crippen molar-refractivity contribution >= 4 is 6.29 Å². The van der Waals surface area contributed by atoms with E-state index in [2.05, 4.69) is 0 Å². The maximum absolute atomic E-state index is 10.3. The van der Waals surface area contributed by atoms with E-state index in [1.807, 2.05) is 72.7 Å². The Kier molecular flexibility index (Phi) is 22.3. The molecule has 0 fully saturated rings.